The van der Waals surface area contributed by atoms with Crippen molar-refractivity contribution in [2.24, 2.45) is 0 Å². The number of aliphatic hydroxyl groups is 1. The minimum Gasteiger partial charge on any atom is -0.473 e. The van der Waals surface area contributed by atoms with Crippen molar-refractivity contribution in [3.8, 4) is 5.88 Å². The van der Waals surface area contributed by atoms with Crippen LogP contribution in [0.3, 0.4) is 0 Å². The minimum absolute atomic E-state index is 0.0717. The lowest BCUT2D eigenvalue weighted by Crippen LogP contribution is -2.32. The molecule has 0 aromatic carbocycles. The van der Waals surface area contributed by atoms with Crippen LogP contribution in [0.2, 0.25) is 0 Å². The van der Waals surface area contributed by atoms with E-state index in [9.17, 15) is 14.7 Å². The molecule has 0 aliphatic carbocycles. The zero-order chi connectivity index (χ0) is 14.8. The Hall–Kier alpha value is -2.46. The van der Waals surface area contributed by atoms with Gasteiger partial charge in [-0.15, -0.1) is 0 Å². The van der Waals surface area contributed by atoms with E-state index >= 15 is 0 Å². The number of aliphatic hydroxyl groups excluding tert-OH is 1. The Morgan fingerprint density at radius 2 is 2.38 bits per heavy atom. The Bertz CT molecular complexity index is 708. The highest BCUT2D eigenvalue weighted by Crippen LogP contribution is 2.27. The van der Waals surface area contributed by atoms with E-state index in [0.717, 1.165) is 0 Å². The largest absolute Gasteiger partial charge is 0.473 e. The van der Waals surface area contributed by atoms with E-state index in [1.54, 1.807) is 0 Å². The molecule has 0 bridgehead atoms. The fraction of sp³-hybridized carbons (Fsp3) is 0.455. The van der Waals surface area contributed by atoms with Gasteiger partial charge in [-0.05, 0) is 0 Å². The van der Waals surface area contributed by atoms with E-state index in [-0.39, 0.29) is 18.9 Å². The molecule has 10 nitrogen and oxygen atoms in total. The highest BCUT2D eigenvalue weighted by atomic mass is 16.6. The van der Waals surface area contributed by atoms with Crippen molar-refractivity contribution in [2.45, 2.75) is 24.9 Å². The summed E-state index contributed by atoms with van der Waals surface area (Å²) in [5, 5.41) is 19.6. The minimum atomic E-state index is -0.791. The first kappa shape index (κ1) is 13.5. The molecule has 3 rings (SSSR count). The Kier molecular flexibility index (Phi) is 3.54. The van der Waals surface area contributed by atoms with Crippen LogP contribution in [0.1, 0.15) is 12.6 Å². The third kappa shape index (κ3) is 2.85. The number of aromatic amines is 2. The highest BCUT2D eigenvalue weighted by molar-refractivity contribution is 4.98. The number of aromatic nitrogens is 5. The van der Waals surface area contributed by atoms with Crippen molar-refractivity contribution >= 4 is 0 Å². The fourth-order valence-corrected chi connectivity index (χ4v) is 2.12. The standard InChI is InChI=1S/C11H13N5O5/c17-6-3-10(16-2-1-8(18)13-11(16)19)21-7(6)5-20-9-4-12-15-14-9/h1-2,4,6-7,10,17H,3,5H2,(H,12,14,15)(H,13,18,19)/t6-,7+,10+/m0/s1. The molecule has 0 spiro atoms. The summed E-state index contributed by atoms with van der Waals surface area (Å²) >= 11 is 0. The van der Waals surface area contributed by atoms with Crippen molar-refractivity contribution in [2.75, 3.05) is 6.61 Å². The molecule has 21 heavy (non-hydrogen) atoms. The second-order valence-electron chi connectivity index (χ2n) is 4.57. The zero-order valence-electron chi connectivity index (χ0n) is 10.8. The van der Waals surface area contributed by atoms with Gasteiger partial charge >= 0.3 is 5.69 Å². The second kappa shape index (κ2) is 5.50. The monoisotopic (exact) mass is 295 g/mol. The summed E-state index contributed by atoms with van der Waals surface area (Å²) in [5.41, 5.74) is -1.07. The number of ether oxygens (including phenoxy) is 2. The summed E-state index contributed by atoms with van der Waals surface area (Å²) in [5.74, 6) is 0.287. The molecule has 112 valence electrons. The van der Waals surface area contributed by atoms with Gasteiger partial charge in [-0.2, -0.15) is 0 Å². The highest BCUT2D eigenvalue weighted by Gasteiger charge is 2.36. The van der Waals surface area contributed by atoms with Crippen molar-refractivity contribution in [3.63, 3.8) is 0 Å². The number of hydrogen-bond donors (Lipinski definition) is 3. The van der Waals surface area contributed by atoms with Gasteiger partial charge in [0.05, 0.1) is 12.3 Å². The molecule has 3 heterocycles. The average Bonchev–Trinajstić information content (AvgIpc) is 3.06. The van der Waals surface area contributed by atoms with Gasteiger partial charge in [-0.1, -0.05) is 10.3 Å². The van der Waals surface area contributed by atoms with Crippen LogP contribution >= 0.6 is 0 Å². The molecule has 1 aliphatic heterocycles. The predicted molar refractivity (Wildman–Crippen MR) is 67.7 cm³/mol. The van der Waals surface area contributed by atoms with Gasteiger partial charge < -0.3 is 14.6 Å². The molecule has 1 saturated heterocycles. The molecular weight excluding hydrogens is 282 g/mol. The van der Waals surface area contributed by atoms with E-state index in [1.807, 2.05) is 0 Å². The summed E-state index contributed by atoms with van der Waals surface area (Å²) in [4.78, 5) is 24.8. The molecule has 0 amide bonds. The van der Waals surface area contributed by atoms with Crippen molar-refractivity contribution in [1.82, 2.24) is 25.0 Å². The molecule has 0 unspecified atom stereocenters. The van der Waals surface area contributed by atoms with E-state index in [0.29, 0.717) is 0 Å². The summed E-state index contributed by atoms with van der Waals surface area (Å²) in [6, 6.07) is 1.22. The lowest BCUT2D eigenvalue weighted by molar-refractivity contribution is -0.0416. The van der Waals surface area contributed by atoms with Crippen molar-refractivity contribution < 1.29 is 14.6 Å². The van der Waals surface area contributed by atoms with Crippen LogP contribution in [-0.2, 0) is 4.74 Å². The maximum Gasteiger partial charge on any atom is 0.330 e. The van der Waals surface area contributed by atoms with Crippen LogP contribution in [0.25, 0.3) is 0 Å². The van der Waals surface area contributed by atoms with Crippen LogP contribution in [0.15, 0.2) is 28.0 Å². The lowest BCUT2D eigenvalue weighted by Gasteiger charge is -2.15. The smallest absolute Gasteiger partial charge is 0.330 e. The molecule has 1 fully saturated rings. The summed E-state index contributed by atoms with van der Waals surface area (Å²) < 4.78 is 12.1. The molecule has 1 aliphatic rings. The molecule has 0 saturated carbocycles. The van der Waals surface area contributed by atoms with E-state index in [4.69, 9.17) is 9.47 Å². The predicted octanol–water partition coefficient (Wildman–Crippen LogP) is -1.62. The number of hydrogen-bond acceptors (Lipinski definition) is 7. The molecular formula is C11H13N5O5. The number of H-pyrrole nitrogens is 2. The Balaban J connectivity index is 1.67. The Morgan fingerprint density at radius 3 is 3.10 bits per heavy atom. The van der Waals surface area contributed by atoms with Gasteiger partial charge in [0.2, 0.25) is 0 Å². The number of nitrogens with zero attached hydrogens (tertiary/aromatic N) is 3. The van der Waals surface area contributed by atoms with Crippen LogP contribution in [0, 0.1) is 0 Å². The van der Waals surface area contributed by atoms with Crippen LogP contribution in [-0.4, -0.2) is 48.9 Å². The molecule has 2 aromatic heterocycles. The summed E-state index contributed by atoms with van der Waals surface area (Å²) in [6.45, 7) is 0.0717. The third-order valence-electron chi connectivity index (χ3n) is 3.16. The normalized spacial score (nSPS) is 25.1. The Morgan fingerprint density at radius 1 is 1.52 bits per heavy atom. The van der Waals surface area contributed by atoms with E-state index < -0.39 is 29.7 Å². The van der Waals surface area contributed by atoms with Gasteiger partial charge in [-0.3, -0.25) is 19.4 Å². The third-order valence-corrected chi connectivity index (χ3v) is 3.16. The van der Waals surface area contributed by atoms with E-state index in [2.05, 4.69) is 20.4 Å². The van der Waals surface area contributed by atoms with Crippen LogP contribution in [0.5, 0.6) is 5.88 Å². The van der Waals surface area contributed by atoms with Crippen LogP contribution in [0.4, 0.5) is 0 Å². The molecule has 3 atom stereocenters. The first-order chi connectivity index (χ1) is 10.1. The first-order valence-corrected chi connectivity index (χ1v) is 6.28. The quantitative estimate of drug-likeness (QED) is 0.617. The maximum absolute atomic E-state index is 11.7. The molecule has 2 aromatic rings. The topological polar surface area (TPSA) is 135 Å². The maximum atomic E-state index is 11.7. The van der Waals surface area contributed by atoms with Gasteiger partial charge in [-0.25, -0.2) is 4.79 Å². The fourth-order valence-electron chi connectivity index (χ4n) is 2.12. The molecule has 0 radical (unpaired) electrons. The van der Waals surface area contributed by atoms with Gasteiger partial charge in [0.1, 0.15) is 18.9 Å². The van der Waals surface area contributed by atoms with Gasteiger partial charge in [0.15, 0.2) is 0 Å². The van der Waals surface area contributed by atoms with Gasteiger partial charge in [0.25, 0.3) is 11.4 Å². The summed E-state index contributed by atoms with van der Waals surface area (Å²) in [6.07, 6.45) is 0.963. The van der Waals surface area contributed by atoms with Crippen molar-refractivity contribution in [3.05, 3.63) is 39.3 Å². The second-order valence-corrected chi connectivity index (χ2v) is 4.57. The lowest BCUT2D eigenvalue weighted by atomic mass is 10.2. The molecule has 10 heteroatoms. The average molecular weight is 295 g/mol. The van der Waals surface area contributed by atoms with E-state index in [1.165, 1.54) is 23.0 Å². The Labute approximate surface area is 117 Å². The van der Waals surface area contributed by atoms with Crippen LogP contribution < -0.4 is 16.0 Å². The zero-order valence-corrected chi connectivity index (χ0v) is 10.8. The van der Waals surface area contributed by atoms with Gasteiger partial charge in [0, 0.05) is 18.7 Å². The first-order valence-electron chi connectivity index (χ1n) is 6.28. The number of nitrogens with one attached hydrogen (secondary N) is 2. The molecule has 3 N–H and O–H groups in total. The summed E-state index contributed by atoms with van der Waals surface area (Å²) in [7, 11) is 0. The SMILES string of the molecule is O=c1ccn([C@H]2C[C@H](O)[C@@H](COc3c[nH]nn3)O2)c(=O)[nH]1. The van der Waals surface area contributed by atoms with Crippen molar-refractivity contribution in [1.29, 1.82) is 0 Å². The number of rotatable bonds is 4.